The number of rotatable bonds is 9. The molecule has 1 unspecified atom stereocenters. The Bertz CT molecular complexity index is 1490. The highest BCUT2D eigenvalue weighted by atomic mass is 32.2. The lowest BCUT2D eigenvalue weighted by Gasteiger charge is -2.20. The second-order valence-corrected chi connectivity index (χ2v) is 9.59. The first-order valence-electron chi connectivity index (χ1n) is 12.0. The molecular weight excluding hydrogens is 502 g/mol. The lowest BCUT2D eigenvalue weighted by molar-refractivity contribution is 0.0934. The highest BCUT2D eigenvalue weighted by Gasteiger charge is 2.25. The second kappa shape index (κ2) is 11.8. The van der Waals surface area contributed by atoms with Crippen LogP contribution in [0.15, 0.2) is 114 Å². The number of nitrogens with one attached hydrogen (secondary N) is 1. The predicted molar refractivity (Wildman–Crippen MR) is 144 cm³/mol. The molecule has 8 heteroatoms. The van der Waals surface area contributed by atoms with Crippen LogP contribution < -0.4 is 5.32 Å². The molecule has 5 rings (SSSR count). The van der Waals surface area contributed by atoms with Crippen molar-refractivity contribution in [3.63, 3.8) is 0 Å². The highest BCUT2D eigenvalue weighted by molar-refractivity contribution is 7.98. The molecule has 0 radical (unpaired) electrons. The molecule has 1 atom stereocenters. The average Bonchev–Trinajstić information content (AvgIpc) is 3.38. The fourth-order valence-corrected chi connectivity index (χ4v) is 4.96. The molecular formula is C30H24F2N4OS. The highest BCUT2D eigenvalue weighted by Crippen LogP contribution is 2.29. The molecule has 190 valence electrons. The summed E-state index contributed by atoms with van der Waals surface area (Å²) in [5.41, 5.74) is 3.16. The summed E-state index contributed by atoms with van der Waals surface area (Å²) in [4.78, 5) is 13.2. The van der Waals surface area contributed by atoms with Crippen LogP contribution in [0.5, 0.6) is 0 Å². The number of para-hydroxylation sites is 1. The van der Waals surface area contributed by atoms with Crippen molar-refractivity contribution in [2.75, 3.05) is 0 Å². The first-order chi connectivity index (χ1) is 18.6. The Morgan fingerprint density at radius 2 is 1.37 bits per heavy atom. The quantitative estimate of drug-likeness (QED) is 0.221. The molecule has 0 fully saturated rings. The number of halogens is 2. The Kier molecular flexibility index (Phi) is 7.89. The number of carbonyl (C=O) groups excluding carboxylic acids is 1. The lowest BCUT2D eigenvalue weighted by atomic mass is 10.0. The number of amides is 1. The van der Waals surface area contributed by atoms with Crippen LogP contribution in [0.25, 0.3) is 5.69 Å². The second-order valence-electron chi connectivity index (χ2n) is 8.65. The summed E-state index contributed by atoms with van der Waals surface area (Å²) in [6.45, 7) is 0. The van der Waals surface area contributed by atoms with Gasteiger partial charge in [-0.3, -0.25) is 9.36 Å². The fraction of sp³-hybridized carbons (Fsp3) is 0.100. The molecule has 1 N–H and O–H groups in total. The summed E-state index contributed by atoms with van der Waals surface area (Å²) in [6.07, 6.45) is 0.474. The number of hydrogen-bond donors (Lipinski definition) is 1. The standard InChI is InChI=1S/C30H24F2N4OS/c31-24-15-11-22(12-16-24)20-38-30-35-34-28(36(30)26-9-5-2-6-10-26)27(19-21-7-3-1-4-8-21)33-29(37)23-13-17-25(32)18-14-23/h1-18,27H,19-20H2,(H,33,37). The van der Waals surface area contributed by atoms with Gasteiger partial charge in [-0.15, -0.1) is 10.2 Å². The summed E-state index contributed by atoms with van der Waals surface area (Å²) in [5, 5.41) is 12.7. The van der Waals surface area contributed by atoms with Gasteiger partial charge in [0.1, 0.15) is 11.6 Å². The average molecular weight is 527 g/mol. The van der Waals surface area contributed by atoms with Crippen molar-refractivity contribution in [3.8, 4) is 5.69 Å². The monoisotopic (exact) mass is 526 g/mol. The molecule has 5 nitrogen and oxygen atoms in total. The SMILES string of the molecule is O=C(NC(Cc1ccccc1)c1nnc(SCc2ccc(F)cc2)n1-c1ccccc1)c1ccc(F)cc1. The van der Waals surface area contributed by atoms with E-state index in [9.17, 15) is 13.6 Å². The summed E-state index contributed by atoms with van der Waals surface area (Å²) in [6, 6.07) is 30.8. The van der Waals surface area contributed by atoms with Gasteiger partial charge in [0.15, 0.2) is 11.0 Å². The summed E-state index contributed by atoms with van der Waals surface area (Å²) < 4.78 is 28.8. The van der Waals surface area contributed by atoms with Crippen LogP contribution in [0.3, 0.4) is 0 Å². The van der Waals surface area contributed by atoms with Gasteiger partial charge in [0, 0.05) is 17.0 Å². The third-order valence-electron chi connectivity index (χ3n) is 5.96. The molecule has 38 heavy (non-hydrogen) atoms. The van der Waals surface area contributed by atoms with Crippen LogP contribution in [0.4, 0.5) is 8.78 Å². The van der Waals surface area contributed by atoms with Crippen LogP contribution in [0, 0.1) is 11.6 Å². The van der Waals surface area contributed by atoms with Gasteiger partial charge in [-0.2, -0.15) is 0 Å². The molecule has 0 spiro atoms. The Labute approximate surface area is 223 Å². The first kappa shape index (κ1) is 25.4. The molecule has 1 amide bonds. The topological polar surface area (TPSA) is 59.8 Å². The van der Waals surface area contributed by atoms with E-state index in [0.29, 0.717) is 28.7 Å². The predicted octanol–water partition coefficient (Wildman–Crippen LogP) is 6.55. The van der Waals surface area contributed by atoms with Gasteiger partial charge in [0.2, 0.25) is 0 Å². The van der Waals surface area contributed by atoms with E-state index in [1.54, 1.807) is 12.1 Å². The van der Waals surface area contributed by atoms with Crippen LogP contribution in [-0.4, -0.2) is 20.7 Å². The largest absolute Gasteiger partial charge is 0.342 e. The maximum absolute atomic E-state index is 13.4. The lowest BCUT2D eigenvalue weighted by Crippen LogP contribution is -2.32. The minimum atomic E-state index is -0.525. The van der Waals surface area contributed by atoms with Gasteiger partial charge in [0.25, 0.3) is 5.91 Å². The first-order valence-corrected chi connectivity index (χ1v) is 13.0. The van der Waals surface area contributed by atoms with Crippen LogP contribution in [-0.2, 0) is 12.2 Å². The molecule has 0 saturated carbocycles. The van der Waals surface area contributed by atoms with Crippen LogP contribution in [0.1, 0.15) is 33.4 Å². The van der Waals surface area contributed by atoms with Gasteiger partial charge in [-0.1, -0.05) is 72.4 Å². The number of thioether (sulfide) groups is 1. The van der Waals surface area contributed by atoms with Crippen molar-refractivity contribution < 1.29 is 13.6 Å². The maximum atomic E-state index is 13.4. The summed E-state index contributed by atoms with van der Waals surface area (Å²) in [7, 11) is 0. The molecule has 0 aliphatic carbocycles. The number of benzene rings is 4. The molecule has 0 aliphatic rings. The number of nitrogens with zero attached hydrogens (tertiary/aromatic N) is 3. The number of carbonyl (C=O) groups is 1. The molecule has 0 saturated heterocycles. The van der Waals surface area contributed by atoms with Gasteiger partial charge in [-0.25, -0.2) is 8.78 Å². The van der Waals surface area contributed by atoms with E-state index in [-0.39, 0.29) is 11.7 Å². The normalized spacial score (nSPS) is 11.7. The van der Waals surface area contributed by atoms with Crippen molar-refractivity contribution >= 4 is 17.7 Å². The van der Waals surface area contributed by atoms with E-state index in [2.05, 4.69) is 15.5 Å². The van der Waals surface area contributed by atoms with E-state index in [1.807, 2.05) is 65.2 Å². The van der Waals surface area contributed by atoms with Crippen molar-refractivity contribution in [1.82, 2.24) is 20.1 Å². The number of hydrogen-bond acceptors (Lipinski definition) is 4. The van der Waals surface area contributed by atoms with E-state index >= 15 is 0 Å². The Balaban J connectivity index is 1.51. The maximum Gasteiger partial charge on any atom is 0.251 e. The Morgan fingerprint density at radius 1 is 0.763 bits per heavy atom. The zero-order valence-corrected chi connectivity index (χ0v) is 21.1. The van der Waals surface area contributed by atoms with Crippen LogP contribution in [0.2, 0.25) is 0 Å². The minimum Gasteiger partial charge on any atom is -0.342 e. The van der Waals surface area contributed by atoms with Gasteiger partial charge in [0.05, 0.1) is 6.04 Å². The third kappa shape index (κ3) is 6.15. The molecule has 0 aliphatic heterocycles. The van der Waals surface area contributed by atoms with Crippen molar-refractivity contribution in [3.05, 3.63) is 143 Å². The minimum absolute atomic E-state index is 0.283. The Morgan fingerprint density at radius 3 is 2.03 bits per heavy atom. The van der Waals surface area contributed by atoms with E-state index in [0.717, 1.165) is 16.8 Å². The van der Waals surface area contributed by atoms with E-state index < -0.39 is 11.9 Å². The van der Waals surface area contributed by atoms with Crippen molar-refractivity contribution in [2.24, 2.45) is 0 Å². The number of aromatic nitrogens is 3. The third-order valence-corrected chi connectivity index (χ3v) is 6.96. The summed E-state index contributed by atoms with van der Waals surface area (Å²) >= 11 is 1.47. The van der Waals surface area contributed by atoms with Crippen LogP contribution >= 0.6 is 11.8 Å². The van der Waals surface area contributed by atoms with Gasteiger partial charge >= 0.3 is 0 Å². The molecule has 4 aromatic carbocycles. The Hall–Kier alpha value is -4.30. The molecule has 1 heterocycles. The zero-order chi connectivity index (χ0) is 26.3. The zero-order valence-electron chi connectivity index (χ0n) is 20.3. The van der Waals surface area contributed by atoms with Gasteiger partial charge in [-0.05, 0) is 66.1 Å². The summed E-state index contributed by atoms with van der Waals surface area (Å²) in [5.74, 6) is 0.102. The molecule has 0 bridgehead atoms. The molecule has 5 aromatic rings. The molecule has 1 aromatic heterocycles. The van der Waals surface area contributed by atoms with Crippen molar-refractivity contribution in [2.45, 2.75) is 23.4 Å². The van der Waals surface area contributed by atoms with Gasteiger partial charge < -0.3 is 5.32 Å². The smallest absolute Gasteiger partial charge is 0.251 e. The van der Waals surface area contributed by atoms with E-state index in [4.69, 9.17) is 0 Å². The van der Waals surface area contributed by atoms with Crippen molar-refractivity contribution in [1.29, 1.82) is 0 Å². The fourth-order valence-electron chi connectivity index (χ4n) is 4.05. The van der Waals surface area contributed by atoms with E-state index in [1.165, 1.54) is 48.2 Å².